The molecule has 2 N–H and O–H groups in total. The van der Waals surface area contributed by atoms with Crippen LogP contribution < -0.4 is 5.73 Å². The Kier molecular flexibility index (Phi) is 6.07. The van der Waals surface area contributed by atoms with Gasteiger partial charge in [-0.1, -0.05) is 32.6 Å². The number of aromatic nitrogens is 1. The van der Waals surface area contributed by atoms with Crippen molar-refractivity contribution in [1.82, 2.24) is 4.98 Å². The van der Waals surface area contributed by atoms with E-state index in [0.717, 1.165) is 12.8 Å². The summed E-state index contributed by atoms with van der Waals surface area (Å²) < 4.78 is 5.13. The van der Waals surface area contributed by atoms with Gasteiger partial charge in [-0.3, -0.25) is 0 Å². The van der Waals surface area contributed by atoms with Gasteiger partial charge < -0.3 is 10.5 Å². The monoisotopic (exact) mass is 236 g/mol. The van der Waals surface area contributed by atoms with Crippen molar-refractivity contribution in [3.8, 4) is 0 Å². The van der Waals surface area contributed by atoms with Crippen molar-refractivity contribution < 1.29 is 9.53 Å². The number of pyridine rings is 1. The van der Waals surface area contributed by atoms with Gasteiger partial charge in [0, 0.05) is 6.20 Å². The summed E-state index contributed by atoms with van der Waals surface area (Å²) in [6, 6.07) is 3.22. The molecule has 1 aromatic rings. The fourth-order valence-corrected chi connectivity index (χ4v) is 1.48. The Morgan fingerprint density at radius 2 is 2.06 bits per heavy atom. The maximum absolute atomic E-state index is 11.5. The Hall–Kier alpha value is -1.58. The highest BCUT2D eigenvalue weighted by Crippen LogP contribution is 2.06. The van der Waals surface area contributed by atoms with E-state index >= 15 is 0 Å². The predicted molar refractivity (Wildman–Crippen MR) is 67.7 cm³/mol. The third kappa shape index (κ3) is 5.33. The van der Waals surface area contributed by atoms with Gasteiger partial charge in [0.15, 0.2) is 0 Å². The first-order valence-electron chi connectivity index (χ1n) is 6.12. The smallest absolute Gasteiger partial charge is 0.339 e. The lowest BCUT2D eigenvalue weighted by molar-refractivity contribution is 0.0497. The normalized spacial score (nSPS) is 10.2. The minimum atomic E-state index is -0.326. The molecule has 0 fully saturated rings. The van der Waals surface area contributed by atoms with E-state index in [-0.39, 0.29) is 5.97 Å². The van der Waals surface area contributed by atoms with Crippen LogP contribution in [0.1, 0.15) is 49.4 Å². The van der Waals surface area contributed by atoms with E-state index in [0.29, 0.717) is 18.0 Å². The summed E-state index contributed by atoms with van der Waals surface area (Å²) in [6.07, 6.45) is 7.15. The molecule has 0 saturated heterocycles. The maximum atomic E-state index is 11.5. The van der Waals surface area contributed by atoms with E-state index in [9.17, 15) is 4.79 Å². The van der Waals surface area contributed by atoms with Crippen LogP contribution in [0.3, 0.4) is 0 Å². The molecule has 0 bridgehead atoms. The second-order valence-electron chi connectivity index (χ2n) is 4.02. The number of anilines is 1. The van der Waals surface area contributed by atoms with Crippen LogP contribution in [0.4, 0.5) is 5.82 Å². The molecule has 0 aliphatic carbocycles. The molecular formula is C13H20N2O2. The molecule has 17 heavy (non-hydrogen) atoms. The molecule has 4 nitrogen and oxygen atoms in total. The van der Waals surface area contributed by atoms with Gasteiger partial charge >= 0.3 is 5.97 Å². The minimum Gasteiger partial charge on any atom is -0.462 e. The summed E-state index contributed by atoms with van der Waals surface area (Å²) in [7, 11) is 0. The lowest BCUT2D eigenvalue weighted by Crippen LogP contribution is -2.07. The first kappa shape index (κ1) is 13.5. The highest BCUT2D eigenvalue weighted by molar-refractivity contribution is 5.89. The Balaban J connectivity index is 2.19. The third-order valence-corrected chi connectivity index (χ3v) is 2.50. The number of nitrogens with two attached hydrogens (primary N) is 1. The average Bonchev–Trinajstić information content (AvgIpc) is 2.34. The van der Waals surface area contributed by atoms with Crippen molar-refractivity contribution in [2.24, 2.45) is 0 Å². The number of unbranched alkanes of at least 4 members (excludes halogenated alkanes) is 4. The fourth-order valence-electron chi connectivity index (χ4n) is 1.48. The first-order chi connectivity index (χ1) is 8.24. The summed E-state index contributed by atoms with van der Waals surface area (Å²) in [6.45, 7) is 2.65. The van der Waals surface area contributed by atoms with E-state index in [1.807, 2.05) is 0 Å². The highest BCUT2D eigenvalue weighted by atomic mass is 16.5. The topological polar surface area (TPSA) is 65.2 Å². The molecular weight excluding hydrogens is 216 g/mol. The van der Waals surface area contributed by atoms with E-state index < -0.39 is 0 Å². The SMILES string of the molecule is CCCCCCCOC(=O)c1ccc(N)nc1. The van der Waals surface area contributed by atoms with Gasteiger partial charge in [0.25, 0.3) is 0 Å². The molecule has 0 amide bonds. The van der Waals surface area contributed by atoms with Gasteiger partial charge in [-0.05, 0) is 18.6 Å². The van der Waals surface area contributed by atoms with Crippen molar-refractivity contribution >= 4 is 11.8 Å². The van der Waals surface area contributed by atoms with Crippen LogP contribution in [0.2, 0.25) is 0 Å². The Labute approximate surface area is 102 Å². The molecule has 1 rings (SSSR count). The number of hydrogen-bond acceptors (Lipinski definition) is 4. The van der Waals surface area contributed by atoms with Crippen LogP contribution in [0.5, 0.6) is 0 Å². The maximum Gasteiger partial charge on any atom is 0.339 e. The molecule has 0 atom stereocenters. The number of ether oxygens (including phenoxy) is 1. The summed E-state index contributed by atoms with van der Waals surface area (Å²) in [5.41, 5.74) is 5.88. The zero-order valence-electron chi connectivity index (χ0n) is 10.3. The highest BCUT2D eigenvalue weighted by Gasteiger charge is 2.06. The van der Waals surface area contributed by atoms with Crippen molar-refractivity contribution in [1.29, 1.82) is 0 Å². The van der Waals surface area contributed by atoms with Crippen LogP contribution in [0.15, 0.2) is 18.3 Å². The third-order valence-electron chi connectivity index (χ3n) is 2.50. The quantitative estimate of drug-likeness (QED) is 0.584. The lowest BCUT2D eigenvalue weighted by atomic mass is 10.2. The molecule has 0 aromatic carbocycles. The van der Waals surface area contributed by atoms with Crippen LogP contribution in [0.25, 0.3) is 0 Å². The Bertz CT molecular complexity index is 336. The van der Waals surface area contributed by atoms with Crippen molar-refractivity contribution in [2.45, 2.75) is 39.0 Å². The molecule has 94 valence electrons. The van der Waals surface area contributed by atoms with Gasteiger partial charge in [0.1, 0.15) is 5.82 Å². The summed E-state index contributed by atoms with van der Waals surface area (Å²) in [5.74, 6) is 0.0779. The minimum absolute atomic E-state index is 0.326. The van der Waals surface area contributed by atoms with Crippen LogP contribution in [-0.2, 0) is 4.74 Å². The second kappa shape index (κ2) is 7.65. The van der Waals surface area contributed by atoms with Gasteiger partial charge in [-0.25, -0.2) is 9.78 Å². The van der Waals surface area contributed by atoms with Crippen molar-refractivity contribution in [3.63, 3.8) is 0 Å². The van der Waals surface area contributed by atoms with E-state index in [1.54, 1.807) is 12.1 Å². The van der Waals surface area contributed by atoms with Crippen LogP contribution in [0, 0.1) is 0 Å². The molecule has 4 heteroatoms. The number of rotatable bonds is 7. The number of nitrogen functional groups attached to an aromatic ring is 1. The first-order valence-corrected chi connectivity index (χ1v) is 6.12. The Morgan fingerprint density at radius 3 is 2.71 bits per heavy atom. The summed E-state index contributed by atoms with van der Waals surface area (Å²) in [5, 5.41) is 0. The molecule has 0 aliphatic rings. The van der Waals surface area contributed by atoms with Gasteiger partial charge in [-0.15, -0.1) is 0 Å². The van der Waals surface area contributed by atoms with Crippen LogP contribution in [-0.4, -0.2) is 17.6 Å². The van der Waals surface area contributed by atoms with Crippen LogP contribution >= 0.6 is 0 Å². The summed E-state index contributed by atoms with van der Waals surface area (Å²) in [4.78, 5) is 15.4. The number of esters is 1. The molecule has 0 radical (unpaired) electrons. The largest absolute Gasteiger partial charge is 0.462 e. The standard InChI is InChI=1S/C13H20N2O2/c1-2-3-4-5-6-9-17-13(16)11-7-8-12(14)15-10-11/h7-8,10H,2-6,9H2,1H3,(H2,14,15). The second-order valence-corrected chi connectivity index (χ2v) is 4.02. The van der Waals surface area contributed by atoms with E-state index in [1.165, 1.54) is 25.5 Å². The zero-order valence-corrected chi connectivity index (χ0v) is 10.3. The number of carbonyl (C=O) groups excluding carboxylic acids is 1. The summed E-state index contributed by atoms with van der Waals surface area (Å²) >= 11 is 0. The van der Waals surface area contributed by atoms with Crippen molar-refractivity contribution in [3.05, 3.63) is 23.9 Å². The Morgan fingerprint density at radius 1 is 1.29 bits per heavy atom. The molecule has 0 unspecified atom stereocenters. The van der Waals surface area contributed by atoms with Gasteiger partial charge in [0.05, 0.1) is 12.2 Å². The molecule has 1 aromatic heterocycles. The van der Waals surface area contributed by atoms with Crippen molar-refractivity contribution in [2.75, 3.05) is 12.3 Å². The number of nitrogens with zero attached hydrogens (tertiary/aromatic N) is 1. The van der Waals surface area contributed by atoms with Gasteiger partial charge in [-0.2, -0.15) is 0 Å². The lowest BCUT2D eigenvalue weighted by Gasteiger charge is -2.04. The van der Waals surface area contributed by atoms with Gasteiger partial charge in [0.2, 0.25) is 0 Å². The average molecular weight is 236 g/mol. The fraction of sp³-hybridized carbons (Fsp3) is 0.538. The molecule has 0 spiro atoms. The van der Waals surface area contributed by atoms with E-state index in [4.69, 9.17) is 10.5 Å². The number of hydrogen-bond donors (Lipinski definition) is 1. The number of carbonyl (C=O) groups is 1. The zero-order chi connectivity index (χ0) is 12.5. The molecule has 0 saturated carbocycles. The predicted octanol–water partition coefficient (Wildman–Crippen LogP) is 2.79. The molecule has 0 aliphatic heterocycles. The van der Waals surface area contributed by atoms with E-state index in [2.05, 4.69) is 11.9 Å². The molecule has 1 heterocycles.